The highest BCUT2D eigenvalue weighted by Crippen LogP contribution is 2.42. The highest BCUT2D eigenvalue weighted by molar-refractivity contribution is 6.32. The lowest BCUT2D eigenvalue weighted by Gasteiger charge is -2.26. The monoisotopic (exact) mass is 559 g/mol. The van der Waals surface area contributed by atoms with Crippen LogP contribution >= 0.6 is 11.6 Å². The van der Waals surface area contributed by atoms with Gasteiger partial charge in [0, 0.05) is 11.6 Å². The minimum atomic E-state index is -0.673. The van der Waals surface area contributed by atoms with Crippen LogP contribution in [0.3, 0.4) is 0 Å². The maximum atomic E-state index is 14.0. The van der Waals surface area contributed by atoms with Gasteiger partial charge in [-0.2, -0.15) is 0 Å². The second kappa shape index (κ2) is 11.4. The van der Waals surface area contributed by atoms with E-state index in [0.29, 0.717) is 58.7 Å². The molecule has 0 bridgehead atoms. The molecule has 0 spiro atoms. The molecule has 7 heteroatoms. The van der Waals surface area contributed by atoms with Crippen molar-refractivity contribution < 1.29 is 18.7 Å². The molecule has 1 amide bonds. The molecule has 0 aliphatic carbocycles. The zero-order valence-corrected chi connectivity index (χ0v) is 24.3. The SMILES string of the molecule is CCOc1cc(C2c3c(oc4cc(C)c(Cl)cc4c3=O)C(=O)N2Cc2ccc(C)cc2)ccc1OCCC(C)C. The van der Waals surface area contributed by atoms with Gasteiger partial charge in [0.25, 0.3) is 5.91 Å². The number of halogens is 1. The fourth-order valence-electron chi connectivity index (χ4n) is 5.03. The van der Waals surface area contributed by atoms with Crippen LogP contribution in [0.15, 0.2) is 63.8 Å². The lowest BCUT2D eigenvalue weighted by molar-refractivity contribution is 0.0714. The van der Waals surface area contributed by atoms with Crippen molar-refractivity contribution in [1.29, 1.82) is 0 Å². The number of ether oxygens (including phenoxy) is 2. The lowest BCUT2D eigenvalue weighted by atomic mass is 9.97. The standard InChI is InChI=1S/C33H34ClNO5/c1-6-38-28-16-23(11-12-26(28)39-14-13-19(2)3)30-29-31(36)24-17-25(34)21(5)15-27(24)40-32(29)33(37)35(30)18-22-9-7-20(4)8-10-22/h7-12,15-17,19,30H,6,13-14,18H2,1-5H3. The van der Waals surface area contributed by atoms with Crippen LogP contribution in [0.1, 0.15) is 71.6 Å². The van der Waals surface area contributed by atoms with Gasteiger partial charge in [0.1, 0.15) is 5.58 Å². The van der Waals surface area contributed by atoms with Crippen molar-refractivity contribution in [1.82, 2.24) is 4.90 Å². The van der Waals surface area contributed by atoms with Gasteiger partial charge < -0.3 is 18.8 Å². The average Bonchev–Trinajstić information content (AvgIpc) is 3.19. The number of nitrogens with zero attached hydrogens (tertiary/aromatic N) is 1. The maximum Gasteiger partial charge on any atom is 0.291 e. The predicted octanol–water partition coefficient (Wildman–Crippen LogP) is 7.63. The van der Waals surface area contributed by atoms with Crippen molar-refractivity contribution in [3.8, 4) is 11.5 Å². The molecule has 4 aromatic rings. The van der Waals surface area contributed by atoms with Crippen molar-refractivity contribution in [2.24, 2.45) is 5.92 Å². The van der Waals surface area contributed by atoms with E-state index >= 15 is 0 Å². The predicted molar refractivity (Wildman–Crippen MR) is 158 cm³/mol. The number of carbonyl (C=O) groups is 1. The van der Waals surface area contributed by atoms with Crippen LogP contribution in [0.4, 0.5) is 0 Å². The number of fused-ring (bicyclic) bond motifs is 2. The summed E-state index contributed by atoms with van der Waals surface area (Å²) >= 11 is 6.39. The Bertz CT molecular complexity index is 1620. The molecule has 1 atom stereocenters. The molecule has 0 radical (unpaired) electrons. The van der Waals surface area contributed by atoms with Gasteiger partial charge in [-0.3, -0.25) is 9.59 Å². The summed E-state index contributed by atoms with van der Waals surface area (Å²) in [6, 6.07) is 16.3. The van der Waals surface area contributed by atoms with Crippen molar-refractivity contribution >= 4 is 28.5 Å². The summed E-state index contributed by atoms with van der Waals surface area (Å²) in [6.45, 7) is 11.4. The Labute approximate surface area is 239 Å². The van der Waals surface area contributed by atoms with Gasteiger partial charge >= 0.3 is 0 Å². The van der Waals surface area contributed by atoms with Crippen molar-refractivity contribution in [3.63, 3.8) is 0 Å². The molecule has 2 heterocycles. The maximum absolute atomic E-state index is 14.0. The van der Waals surface area contributed by atoms with Crippen LogP contribution in [-0.4, -0.2) is 24.0 Å². The average molecular weight is 560 g/mol. The molecule has 0 N–H and O–H groups in total. The summed E-state index contributed by atoms with van der Waals surface area (Å²) in [5, 5.41) is 0.821. The summed E-state index contributed by atoms with van der Waals surface area (Å²) in [5.74, 6) is 1.45. The van der Waals surface area contributed by atoms with E-state index in [1.807, 2.05) is 63.2 Å². The number of hydrogen-bond donors (Lipinski definition) is 0. The molecule has 40 heavy (non-hydrogen) atoms. The molecule has 0 saturated carbocycles. The van der Waals surface area contributed by atoms with Crippen LogP contribution in [0.5, 0.6) is 11.5 Å². The van der Waals surface area contributed by atoms with E-state index in [2.05, 4.69) is 13.8 Å². The number of amides is 1. The van der Waals surface area contributed by atoms with Gasteiger partial charge in [-0.15, -0.1) is 0 Å². The minimum Gasteiger partial charge on any atom is -0.490 e. The highest BCUT2D eigenvalue weighted by atomic mass is 35.5. The smallest absolute Gasteiger partial charge is 0.291 e. The number of aryl methyl sites for hydroxylation is 2. The van der Waals surface area contributed by atoms with Gasteiger partial charge in [-0.25, -0.2) is 0 Å². The molecule has 1 aliphatic rings. The van der Waals surface area contributed by atoms with Crippen LogP contribution in [-0.2, 0) is 6.54 Å². The van der Waals surface area contributed by atoms with E-state index in [1.54, 1.807) is 17.0 Å². The van der Waals surface area contributed by atoms with Crippen LogP contribution in [0, 0.1) is 19.8 Å². The second-order valence-electron chi connectivity index (χ2n) is 10.8. The normalized spacial score (nSPS) is 14.7. The second-order valence-corrected chi connectivity index (χ2v) is 11.2. The van der Waals surface area contributed by atoms with E-state index in [-0.39, 0.29) is 17.1 Å². The molecular formula is C33H34ClNO5. The molecule has 208 valence electrons. The van der Waals surface area contributed by atoms with Gasteiger partial charge in [0.2, 0.25) is 5.76 Å². The summed E-state index contributed by atoms with van der Waals surface area (Å²) in [5.41, 5.74) is 3.97. The van der Waals surface area contributed by atoms with Gasteiger partial charge in [0.15, 0.2) is 16.9 Å². The van der Waals surface area contributed by atoms with Crippen molar-refractivity contribution in [2.75, 3.05) is 13.2 Å². The molecule has 1 aromatic heterocycles. The Kier molecular flexibility index (Phi) is 7.90. The first-order valence-corrected chi connectivity index (χ1v) is 14.1. The Hall–Kier alpha value is -3.77. The Balaban J connectivity index is 1.65. The third-order valence-electron chi connectivity index (χ3n) is 7.26. The van der Waals surface area contributed by atoms with E-state index in [1.165, 1.54) is 0 Å². The fourth-order valence-corrected chi connectivity index (χ4v) is 5.19. The summed E-state index contributed by atoms with van der Waals surface area (Å²) in [7, 11) is 0. The largest absolute Gasteiger partial charge is 0.490 e. The van der Waals surface area contributed by atoms with E-state index in [0.717, 1.165) is 28.7 Å². The van der Waals surface area contributed by atoms with Crippen LogP contribution < -0.4 is 14.9 Å². The number of carbonyl (C=O) groups excluding carboxylic acids is 1. The number of rotatable bonds is 9. The van der Waals surface area contributed by atoms with Gasteiger partial charge in [0.05, 0.1) is 30.2 Å². The van der Waals surface area contributed by atoms with E-state index in [9.17, 15) is 9.59 Å². The summed E-state index contributed by atoms with van der Waals surface area (Å²) in [4.78, 5) is 29.6. The Morgan fingerprint density at radius 3 is 2.42 bits per heavy atom. The minimum absolute atomic E-state index is 0.0616. The van der Waals surface area contributed by atoms with Gasteiger partial charge in [-0.05, 0) is 74.1 Å². The molecule has 3 aromatic carbocycles. The van der Waals surface area contributed by atoms with Crippen molar-refractivity contribution in [3.05, 3.63) is 103 Å². The molecule has 1 unspecified atom stereocenters. The molecule has 1 aliphatic heterocycles. The first-order chi connectivity index (χ1) is 19.2. The molecular weight excluding hydrogens is 526 g/mol. The molecule has 5 rings (SSSR count). The van der Waals surface area contributed by atoms with Crippen LogP contribution in [0.25, 0.3) is 11.0 Å². The lowest BCUT2D eigenvalue weighted by Crippen LogP contribution is -2.29. The summed E-state index contributed by atoms with van der Waals surface area (Å²) < 4.78 is 18.1. The molecule has 0 saturated heterocycles. The molecule has 6 nitrogen and oxygen atoms in total. The fraction of sp³-hybridized carbons (Fsp3) is 0.333. The Morgan fingerprint density at radius 2 is 1.73 bits per heavy atom. The first-order valence-electron chi connectivity index (χ1n) is 13.7. The van der Waals surface area contributed by atoms with E-state index in [4.69, 9.17) is 25.5 Å². The first kappa shape index (κ1) is 27.8. The topological polar surface area (TPSA) is 69.0 Å². The highest BCUT2D eigenvalue weighted by Gasteiger charge is 2.43. The third-order valence-corrected chi connectivity index (χ3v) is 7.66. The molecule has 0 fully saturated rings. The number of benzene rings is 3. The zero-order chi connectivity index (χ0) is 28.6. The van der Waals surface area contributed by atoms with E-state index < -0.39 is 6.04 Å². The Morgan fingerprint density at radius 1 is 0.975 bits per heavy atom. The zero-order valence-electron chi connectivity index (χ0n) is 23.5. The van der Waals surface area contributed by atoms with Gasteiger partial charge in [-0.1, -0.05) is 61.3 Å². The quantitative estimate of drug-likeness (QED) is 0.211. The third kappa shape index (κ3) is 5.33. The number of hydrogen-bond acceptors (Lipinski definition) is 5. The van der Waals surface area contributed by atoms with Crippen molar-refractivity contribution in [2.45, 2.75) is 53.6 Å². The van der Waals surface area contributed by atoms with Crippen LogP contribution in [0.2, 0.25) is 5.02 Å². The summed E-state index contributed by atoms with van der Waals surface area (Å²) in [6.07, 6.45) is 0.915.